The van der Waals surface area contributed by atoms with E-state index in [1.165, 1.54) is 4.90 Å². The largest absolute Gasteiger partial charge is 0.444 e. The molecule has 0 aromatic heterocycles. The van der Waals surface area contributed by atoms with Gasteiger partial charge in [0.05, 0.1) is 0 Å². The number of alkyl carbamates (subject to hydrolysis) is 1. The Bertz CT molecular complexity index is 1100. The average Bonchev–Trinajstić information content (AvgIpc) is 2.85. The summed E-state index contributed by atoms with van der Waals surface area (Å²) in [5.41, 5.74) is 7.00. The lowest BCUT2D eigenvalue weighted by atomic mass is 9.97. The molecule has 0 heterocycles. The molecule has 2 unspecified atom stereocenters. The highest BCUT2D eigenvalue weighted by molar-refractivity contribution is 5.92. The van der Waals surface area contributed by atoms with E-state index in [0.29, 0.717) is 12.0 Å². The molecule has 9 nitrogen and oxygen atoms in total. The number of carbonyl (C=O) groups is 4. The number of benzene rings is 2. The van der Waals surface area contributed by atoms with Gasteiger partial charge in [-0.3, -0.25) is 14.4 Å². The Morgan fingerprint density at radius 3 is 2.21 bits per heavy atom. The summed E-state index contributed by atoms with van der Waals surface area (Å²) >= 11 is 0. The first-order chi connectivity index (χ1) is 17.9. The van der Waals surface area contributed by atoms with Crippen LogP contribution in [0.1, 0.15) is 69.7 Å². The summed E-state index contributed by atoms with van der Waals surface area (Å²) in [7, 11) is 0. The van der Waals surface area contributed by atoms with E-state index >= 15 is 0 Å². The van der Waals surface area contributed by atoms with Crippen LogP contribution in [-0.4, -0.2) is 46.9 Å². The molecule has 2 rings (SSSR count). The fourth-order valence-electron chi connectivity index (χ4n) is 4.03. The third-order valence-corrected chi connectivity index (χ3v) is 5.77. The summed E-state index contributed by atoms with van der Waals surface area (Å²) in [6, 6.07) is 14.8. The van der Waals surface area contributed by atoms with Gasteiger partial charge in [-0.25, -0.2) is 4.79 Å². The second kappa shape index (κ2) is 14.2. The maximum Gasteiger partial charge on any atom is 0.408 e. The molecule has 206 valence electrons. The summed E-state index contributed by atoms with van der Waals surface area (Å²) in [6.07, 6.45) is -0.381. The Morgan fingerprint density at radius 1 is 1.00 bits per heavy atom. The van der Waals surface area contributed by atoms with Crippen molar-refractivity contribution in [2.24, 2.45) is 5.73 Å². The zero-order valence-corrected chi connectivity index (χ0v) is 23.0. The molecule has 2 aromatic carbocycles. The number of nitrogens with two attached hydrogens (primary N) is 1. The van der Waals surface area contributed by atoms with Gasteiger partial charge in [-0.15, -0.1) is 0 Å². The molecule has 0 aliphatic carbocycles. The van der Waals surface area contributed by atoms with E-state index in [1.807, 2.05) is 68.4 Å². The lowest BCUT2D eigenvalue weighted by Crippen LogP contribution is -2.53. The van der Waals surface area contributed by atoms with Crippen LogP contribution in [-0.2, 0) is 25.7 Å². The molecule has 0 bridgehead atoms. The van der Waals surface area contributed by atoms with Gasteiger partial charge in [0.25, 0.3) is 0 Å². The van der Waals surface area contributed by atoms with Crippen molar-refractivity contribution in [1.29, 1.82) is 0 Å². The number of rotatable bonds is 12. The molecule has 9 heteroatoms. The molecule has 0 saturated carbocycles. The van der Waals surface area contributed by atoms with E-state index in [-0.39, 0.29) is 31.8 Å². The van der Waals surface area contributed by atoms with E-state index < -0.39 is 35.6 Å². The fourth-order valence-corrected chi connectivity index (χ4v) is 4.03. The summed E-state index contributed by atoms with van der Waals surface area (Å²) in [5.74, 6) is -1.45. The number of hydrogen-bond acceptors (Lipinski definition) is 5. The fraction of sp³-hybridized carbons (Fsp3) is 0.448. The van der Waals surface area contributed by atoms with Crippen molar-refractivity contribution in [2.45, 2.75) is 78.1 Å². The molecule has 4 N–H and O–H groups in total. The first-order valence-corrected chi connectivity index (χ1v) is 12.9. The van der Waals surface area contributed by atoms with E-state index in [2.05, 4.69) is 10.6 Å². The Morgan fingerprint density at radius 2 is 1.63 bits per heavy atom. The van der Waals surface area contributed by atoms with Crippen LogP contribution < -0.4 is 16.4 Å². The first-order valence-electron chi connectivity index (χ1n) is 12.9. The number of primary amides is 1. The lowest BCUT2D eigenvalue weighted by molar-refractivity contribution is -0.142. The quantitative estimate of drug-likeness (QED) is 0.389. The van der Waals surface area contributed by atoms with Crippen molar-refractivity contribution in [1.82, 2.24) is 15.5 Å². The standard InChI is InChI=1S/C29H40N4O5/c1-6-18-33(27(36)23(16-17-24(30)34)32-28(37)38-29(3,4)5)25(22-15-11-10-12-20(22)2)26(35)31-19-21-13-8-7-9-14-21/h7-15,23,25H,6,16-19H2,1-5H3,(H2,30,34)(H,31,35)(H,32,37). The van der Waals surface area contributed by atoms with Crippen molar-refractivity contribution in [3.63, 3.8) is 0 Å². The minimum absolute atomic E-state index is 0.0280. The van der Waals surface area contributed by atoms with Crippen LogP contribution in [0.2, 0.25) is 0 Å². The monoisotopic (exact) mass is 524 g/mol. The minimum Gasteiger partial charge on any atom is -0.444 e. The topological polar surface area (TPSA) is 131 Å². The zero-order chi connectivity index (χ0) is 28.3. The molecule has 0 spiro atoms. The first kappa shape index (κ1) is 30.3. The maximum absolute atomic E-state index is 14.0. The molecule has 4 amide bonds. The summed E-state index contributed by atoms with van der Waals surface area (Å²) < 4.78 is 5.35. The average molecular weight is 525 g/mol. The second-order valence-corrected chi connectivity index (χ2v) is 10.2. The number of ether oxygens (including phenoxy) is 1. The molecule has 0 aliphatic rings. The molecule has 38 heavy (non-hydrogen) atoms. The summed E-state index contributed by atoms with van der Waals surface area (Å²) in [4.78, 5) is 53.3. The number of carbonyl (C=O) groups excluding carboxylic acids is 4. The van der Waals surface area contributed by atoms with Crippen LogP contribution in [0.25, 0.3) is 0 Å². The molecular weight excluding hydrogens is 484 g/mol. The van der Waals surface area contributed by atoms with Gasteiger partial charge in [-0.1, -0.05) is 61.5 Å². The van der Waals surface area contributed by atoms with Crippen LogP contribution >= 0.6 is 0 Å². The van der Waals surface area contributed by atoms with Gasteiger partial charge in [-0.2, -0.15) is 0 Å². The van der Waals surface area contributed by atoms with Gasteiger partial charge >= 0.3 is 6.09 Å². The molecule has 2 aromatic rings. The third-order valence-electron chi connectivity index (χ3n) is 5.77. The highest BCUT2D eigenvalue weighted by Crippen LogP contribution is 2.26. The highest BCUT2D eigenvalue weighted by atomic mass is 16.6. The van der Waals surface area contributed by atoms with Crippen molar-refractivity contribution < 1.29 is 23.9 Å². The van der Waals surface area contributed by atoms with Gasteiger partial charge in [0.1, 0.15) is 17.7 Å². The number of aryl methyl sites for hydroxylation is 1. The van der Waals surface area contributed by atoms with Gasteiger partial charge in [0.2, 0.25) is 17.7 Å². The summed E-state index contributed by atoms with van der Waals surface area (Å²) in [5, 5.41) is 5.55. The SMILES string of the molecule is CCCN(C(=O)C(CCC(N)=O)NC(=O)OC(C)(C)C)C(C(=O)NCc1ccccc1)c1ccccc1C. The van der Waals surface area contributed by atoms with E-state index in [9.17, 15) is 19.2 Å². The lowest BCUT2D eigenvalue weighted by Gasteiger charge is -2.35. The number of nitrogens with zero attached hydrogens (tertiary/aromatic N) is 1. The summed E-state index contributed by atoms with van der Waals surface area (Å²) in [6.45, 7) is 9.45. The molecule has 0 saturated heterocycles. The van der Waals surface area contributed by atoms with Gasteiger partial charge in [-0.05, 0) is 57.2 Å². The third kappa shape index (κ3) is 9.53. The second-order valence-electron chi connectivity index (χ2n) is 10.2. The predicted octanol–water partition coefficient (Wildman–Crippen LogP) is 3.75. The predicted molar refractivity (Wildman–Crippen MR) is 146 cm³/mol. The molecular formula is C29H40N4O5. The van der Waals surface area contributed by atoms with Gasteiger partial charge in [0.15, 0.2) is 0 Å². The van der Waals surface area contributed by atoms with Crippen LogP contribution in [0.15, 0.2) is 54.6 Å². The van der Waals surface area contributed by atoms with Crippen LogP contribution in [0, 0.1) is 6.92 Å². The van der Waals surface area contributed by atoms with Crippen molar-refractivity contribution in [3.8, 4) is 0 Å². The molecule has 0 fully saturated rings. The number of hydrogen-bond donors (Lipinski definition) is 3. The van der Waals surface area contributed by atoms with E-state index in [0.717, 1.165) is 11.1 Å². The Balaban J connectivity index is 2.44. The van der Waals surface area contributed by atoms with Gasteiger partial charge < -0.3 is 26.0 Å². The van der Waals surface area contributed by atoms with E-state index in [1.54, 1.807) is 20.8 Å². The Kier molecular flexibility index (Phi) is 11.3. The van der Waals surface area contributed by atoms with E-state index in [4.69, 9.17) is 10.5 Å². The van der Waals surface area contributed by atoms with Crippen LogP contribution in [0.4, 0.5) is 4.79 Å². The molecule has 0 radical (unpaired) electrons. The maximum atomic E-state index is 14.0. The number of nitrogens with one attached hydrogen (secondary N) is 2. The van der Waals surface area contributed by atoms with Crippen molar-refractivity contribution in [2.75, 3.05) is 6.54 Å². The van der Waals surface area contributed by atoms with Crippen LogP contribution in [0.3, 0.4) is 0 Å². The minimum atomic E-state index is -1.11. The normalized spacial score (nSPS) is 12.7. The Labute approximate surface area is 225 Å². The van der Waals surface area contributed by atoms with Crippen molar-refractivity contribution in [3.05, 3.63) is 71.3 Å². The zero-order valence-electron chi connectivity index (χ0n) is 23.0. The highest BCUT2D eigenvalue weighted by Gasteiger charge is 2.36. The smallest absolute Gasteiger partial charge is 0.408 e. The molecule has 2 atom stereocenters. The van der Waals surface area contributed by atoms with Gasteiger partial charge in [0, 0.05) is 19.5 Å². The number of amides is 4. The molecule has 0 aliphatic heterocycles. The van der Waals surface area contributed by atoms with Crippen LogP contribution in [0.5, 0.6) is 0 Å². The van der Waals surface area contributed by atoms with Crippen molar-refractivity contribution >= 4 is 23.8 Å². The Hall–Kier alpha value is -3.88.